The van der Waals surface area contributed by atoms with E-state index in [0.29, 0.717) is 11.1 Å². The Morgan fingerprint density at radius 2 is 1.70 bits per heavy atom. The van der Waals surface area contributed by atoms with Crippen molar-refractivity contribution >= 4 is 21.7 Å². The van der Waals surface area contributed by atoms with Crippen molar-refractivity contribution < 1.29 is 9.18 Å². The summed E-state index contributed by atoms with van der Waals surface area (Å²) in [4.78, 5) is 12.2. The van der Waals surface area contributed by atoms with Gasteiger partial charge in [0, 0.05) is 15.6 Å². The first-order valence-corrected chi connectivity index (χ1v) is 7.50. The highest BCUT2D eigenvalue weighted by molar-refractivity contribution is 9.10. The zero-order valence-electron chi connectivity index (χ0n) is 11.9. The summed E-state index contributed by atoms with van der Waals surface area (Å²) < 4.78 is 13.6. The molecule has 0 saturated heterocycles. The summed E-state index contributed by atoms with van der Waals surface area (Å²) in [5.41, 5.74) is 2.25. The van der Waals surface area contributed by atoms with Crippen molar-refractivity contribution in [1.29, 1.82) is 0 Å². The normalized spacial score (nSPS) is 9.65. The maximum Gasteiger partial charge on any atom is 0.194 e. The molecule has 0 saturated carbocycles. The van der Waals surface area contributed by atoms with Gasteiger partial charge in [0.1, 0.15) is 5.82 Å². The number of hydrogen-bond acceptors (Lipinski definition) is 1. The van der Waals surface area contributed by atoms with Crippen LogP contribution in [0.3, 0.4) is 0 Å². The summed E-state index contributed by atoms with van der Waals surface area (Å²) in [5, 5.41) is 0. The number of hydrogen-bond donors (Lipinski definition) is 0. The average molecular weight is 337 g/mol. The van der Waals surface area contributed by atoms with Gasteiger partial charge in [0.15, 0.2) is 5.78 Å². The highest BCUT2D eigenvalue weighted by Crippen LogP contribution is 2.22. The molecule has 0 aromatic heterocycles. The van der Waals surface area contributed by atoms with Crippen LogP contribution in [0.5, 0.6) is 0 Å². The predicted octanol–water partition coefficient (Wildman–Crippen LogP) is 5.41. The Labute approximate surface area is 128 Å². The molecule has 0 aliphatic carbocycles. The van der Waals surface area contributed by atoms with E-state index in [-0.39, 0.29) is 11.6 Å². The van der Waals surface area contributed by atoms with E-state index >= 15 is 0 Å². The Morgan fingerprint density at radius 1 is 1.10 bits per heavy atom. The lowest BCUT2D eigenvalue weighted by Gasteiger charge is -2.06. The summed E-state index contributed by atoms with van der Waals surface area (Å²) in [6, 6.07) is 11.3. The van der Waals surface area contributed by atoms with Gasteiger partial charge in [0.2, 0.25) is 0 Å². The Balaban J connectivity index is 0.000000956. The fourth-order valence-corrected chi connectivity index (χ4v) is 2.33. The zero-order valence-corrected chi connectivity index (χ0v) is 13.5. The van der Waals surface area contributed by atoms with Gasteiger partial charge in [-0.2, -0.15) is 0 Å². The van der Waals surface area contributed by atoms with Crippen LogP contribution >= 0.6 is 15.9 Å². The molecule has 0 spiro atoms. The molecule has 3 heteroatoms. The molecular formula is C17H18BrFO. The van der Waals surface area contributed by atoms with Crippen molar-refractivity contribution in [3.63, 3.8) is 0 Å². The van der Waals surface area contributed by atoms with Crippen LogP contribution in [0.4, 0.5) is 4.39 Å². The second-order valence-electron chi connectivity index (χ2n) is 4.00. The van der Waals surface area contributed by atoms with Gasteiger partial charge < -0.3 is 0 Å². The van der Waals surface area contributed by atoms with Crippen molar-refractivity contribution in [2.24, 2.45) is 0 Å². The first-order valence-electron chi connectivity index (χ1n) is 6.70. The minimum Gasteiger partial charge on any atom is -0.289 e. The van der Waals surface area contributed by atoms with Crippen LogP contribution in [-0.4, -0.2) is 5.78 Å². The topological polar surface area (TPSA) is 17.1 Å². The number of rotatable bonds is 3. The molecule has 20 heavy (non-hydrogen) atoms. The summed E-state index contributed by atoms with van der Waals surface area (Å²) >= 11 is 3.41. The van der Waals surface area contributed by atoms with Crippen LogP contribution in [0.15, 0.2) is 46.9 Å². The highest BCUT2D eigenvalue weighted by atomic mass is 79.9. The standard InChI is InChI=1S/C15H12BrFO.C2H6/c1-2-10-3-8-13(14(16)9-10)15(18)11-4-6-12(17)7-5-11;1-2/h3-9H,2H2,1H3;1-2H3. The molecule has 0 radical (unpaired) electrons. The van der Waals surface area contributed by atoms with Gasteiger partial charge in [-0.05, 0) is 48.4 Å². The minimum absolute atomic E-state index is 0.107. The molecule has 0 aliphatic rings. The fraction of sp³-hybridized carbons (Fsp3) is 0.235. The number of carbonyl (C=O) groups excluding carboxylic acids is 1. The smallest absolute Gasteiger partial charge is 0.194 e. The van der Waals surface area contributed by atoms with E-state index in [4.69, 9.17) is 0 Å². The zero-order chi connectivity index (χ0) is 15.1. The number of benzene rings is 2. The molecule has 106 valence electrons. The molecule has 0 amide bonds. The molecule has 0 unspecified atom stereocenters. The van der Waals surface area contributed by atoms with E-state index in [1.807, 2.05) is 26.0 Å². The second-order valence-corrected chi connectivity index (χ2v) is 4.86. The van der Waals surface area contributed by atoms with Gasteiger partial charge in [-0.25, -0.2) is 4.39 Å². The van der Waals surface area contributed by atoms with Crippen molar-refractivity contribution in [1.82, 2.24) is 0 Å². The van der Waals surface area contributed by atoms with Crippen molar-refractivity contribution in [2.45, 2.75) is 27.2 Å². The second kappa shape index (κ2) is 7.95. The van der Waals surface area contributed by atoms with Crippen LogP contribution in [0, 0.1) is 5.82 Å². The third kappa shape index (κ3) is 4.01. The van der Waals surface area contributed by atoms with Crippen LogP contribution < -0.4 is 0 Å². The Bertz CT molecular complexity index is 576. The summed E-state index contributed by atoms with van der Waals surface area (Å²) in [6.07, 6.45) is 0.920. The van der Waals surface area contributed by atoms with E-state index in [2.05, 4.69) is 22.9 Å². The van der Waals surface area contributed by atoms with E-state index in [1.54, 1.807) is 6.07 Å². The first-order chi connectivity index (χ1) is 9.61. The largest absolute Gasteiger partial charge is 0.289 e. The van der Waals surface area contributed by atoms with Gasteiger partial charge in [-0.15, -0.1) is 0 Å². The molecule has 2 rings (SSSR count). The molecule has 0 aliphatic heterocycles. The molecule has 0 N–H and O–H groups in total. The predicted molar refractivity (Wildman–Crippen MR) is 84.7 cm³/mol. The number of aryl methyl sites for hydroxylation is 1. The van der Waals surface area contributed by atoms with Gasteiger partial charge in [0.25, 0.3) is 0 Å². The van der Waals surface area contributed by atoms with Gasteiger partial charge >= 0.3 is 0 Å². The summed E-state index contributed by atoms with van der Waals surface area (Å²) in [5.74, 6) is -0.448. The van der Waals surface area contributed by atoms with Crippen LogP contribution in [0.25, 0.3) is 0 Å². The van der Waals surface area contributed by atoms with Gasteiger partial charge in [-0.1, -0.05) is 42.8 Å². The molecule has 2 aromatic carbocycles. The summed E-state index contributed by atoms with van der Waals surface area (Å²) in [7, 11) is 0. The van der Waals surface area contributed by atoms with E-state index < -0.39 is 0 Å². The first kappa shape index (κ1) is 16.6. The molecule has 2 aromatic rings. The van der Waals surface area contributed by atoms with E-state index in [0.717, 1.165) is 16.5 Å². The average Bonchev–Trinajstić information content (AvgIpc) is 2.49. The third-order valence-corrected chi connectivity index (χ3v) is 3.45. The molecule has 0 fully saturated rings. The lowest BCUT2D eigenvalue weighted by molar-refractivity contribution is 0.103. The highest BCUT2D eigenvalue weighted by Gasteiger charge is 2.12. The Hall–Kier alpha value is -1.48. The van der Waals surface area contributed by atoms with Gasteiger partial charge in [0.05, 0.1) is 0 Å². The van der Waals surface area contributed by atoms with Crippen LogP contribution in [0.2, 0.25) is 0 Å². The molecule has 0 bridgehead atoms. The van der Waals surface area contributed by atoms with Crippen LogP contribution in [-0.2, 0) is 6.42 Å². The quantitative estimate of drug-likeness (QED) is 0.685. The Kier molecular flexibility index (Phi) is 6.59. The number of halogens is 2. The third-order valence-electron chi connectivity index (χ3n) is 2.79. The SMILES string of the molecule is CC.CCc1ccc(C(=O)c2ccc(F)cc2)c(Br)c1. The molecule has 0 heterocycles. The van der Waals surface area contributed by atoms with Crippen molar-refractivity contribution in [3.05, 3.63) is 69.4 Å². The lowest BCUT2D eigenvalue weighted by atomic mass is 10.0. The van der Waals surface area contributed by atoms with E-state index in [1.165, 1.54) is 24.3 Å². The number of carbonyl (C=O) groups is 1. The molecule has 0 atom stereocenters. The van der Waals surface area contributed by atoms with Crippen molar-refractivity contribution in [3.8, 4) is 0 Å². The number of ketones is 1. The molecular weight excluding hydrogens is 319 g/mol. The maximum absolute atomic E-state index is 12.8. The fourth-order valence-electron chi connectivity index (χ4n) is 1.72. The van der Waals surface area contributed by atoms with Crippen LogP contribution in [0.1, 0.15) is 42.3 Å². The lowest BCUT2D eigenvalue weighted by Crippen LogP contribution is -2.02. The maximum atomic E-state index is 12.8. The molecule has 1 nitrogen and oxygen atoms in total. The van der Waals surface area contributed by atoms with E-state index in [9.17, 15) is 9.18 Å². The van der Waals surface area contributed by atoms with Gasteiger partial charge in [-0.3, -0.25) is 4.79 Å². The minimum atomic E-state index is -0.341. The monoisotopic (exact) mass is 336 g/mol. The van der Waals surface area contributed by atoms with Crippen molar-refractivity contribution in [2.75, 3.05) is 0 Å². The Morgan fingerprint density at radius 3 is 2.20 bits per heavy atom. The summed E-state index contributed by atoms with van der Waals surface area (Å²) in [6.45, 7) is 6.06.